The summed E-state index contributed by atoms with van der Waals surface area (Å²) < 4.78 is 24.7. The number of rotatable bonds is 12. The molecule has 58 heavy (non-hydrogen) atoms. The molecule has 0 radical (unpaired) electrons. The quantitative estimate of drug-likeness (QED) is 0.151. The summed E-state index contributed by atoms with van der Waals surface area (Å²) in [6.07, 6.45) is 11.5. The largest absolute Gasteiger partial charge is 0.459 e. The Balaban J connectivity index is 0.00000280. The van der Waals surface area contributed by atoms with E-state index < -0.39 is 62.7 Å². The molecule has 340 valence electrons. The molecule has 9 aliphatic rings. The van der Waals surface area contributed by atoms with Crippen LogP contribution in [0.4, 0.5) is 0 Å². The average Bonchev–Trinajstić information content (AvgIpc) is 3.24. The first-order chi connectivity index (χ1) is 23.9. The third-order valence-corrected chi connectivity index (χ3v) is 15.6. The van der Waals surface area contributed by atoms with E-state index in [0.29, 0.717) is 42.4 Å². The number of hydrogen-bond acceptors (Lipinski definition) is 9. The molecular formula is C49H90O9. The van der Waals surface area contributed by atoms with Gasteiger partial charge in [-0.15, -0.1) is 0 Å². The van der Waals surface area contributed by atoms with Gasteiger partial charge in [-0.3, -0.25) is 19.2 Å². The molecule has 0 aromatic carbocycles. The lowest BCUT2D eigenvalue weighted by Gasteiger charge is -2.61. The minimum Gasteiger partial charge on any atom is -0.459 e. The molecule has 1 N–H and O–H groups in total. The van der Waals surface area contributed by atoms with Gasteiger partial charge < -0.3 is 24.1 Å². The Labute approximate surface area is 355 Å². The zero-order chi connectivity index (χ0) is 37.9. The number of aliphatic hydroxyl groups is 1. The third kappa shape index (κ3) is 9.49. The molecule has 1 aliphatic heterocycles. The highest BCUT2D eigenvalue weighted by Crippen LogP contribution is 2.65. The van der Waals surface area contributed by atoms with Gasteiger partial charge in [-0.25, -0.2) is 0 Å². The Hall–Kier alpha value is -2.16. The lowest BCUT2D eigenvalue weighted by Crippen LogP contribution is -2.61. The Morgan fingerprint density at radius 3 is 1.60 bits per heavy atom. The van der Waals surface area contributed by atoms with Crippen LogP contribution in [0.3, 0.4) is 0 Å². The molecule has 1 heterocycles. The molecule has 8 bridgehead atoms. The van der Waals surface area contributed by atoms with E-state index in [1.54, 1.807) is 27.7 Å². The van der Waals surface area contributed by atoms with Gasteiger partial charge in [0.15, 0.2) is 6.10 Å². The Kier molecular flexibility index (Phi) is 16.1. The molecule has 5 atom stereocenters. The molecule has 9 fully saturated rings. The summed E-state index contributed by atoms with van der Waals surface area (Å²) in [5.74, 6) is 1.08. The van der Waals surface area contributed by atoms with Crippen LogP contribution < -0.4 is 0 Å². The van der Waals surface area contributed by atoms with Gasteiger partial charge in [-0.1, -0.05) is 51.5 Å². The molecule has 5 unspecified atom stereocenters. The van der Waals surface area contributed by atoms with E-state index in [4.69, 9.17) is 18.9 Å². The van der Waals surface area contributed by atoms with Crippen molar-refractivity contribution in [2.75, 3.05) is 0 Å². The molecule has 9 heteroatoms. The van der Waals surface area contributed by atoms with Crippen molar-refractivity contribution < 1.29 is 43.2 Å². The molecular weight excluding hydrogens is 733 g/mol. The second kappa shape index (κ2) is 17.3. The predicted octanol–water partition coefficient (Wildman–Crippen LogP) is 11.8. The van der Waals surface area contributed by atoms with E-state index >= 15 is 0 Å². The highest BCUT2D eigenvalue weighted by molar-refractivity contribution is 5.83. The van der Waals surface area contributed by atoms with Crippen molar-refractivity contribution >= 4 is 23.9 Å². The predicted molar refractivity (Wildman–Crippen MR) is 234 cm³/mol. The Bertz CT molecular complexity index is 1440. The SMILES string of the molecule is C.C.C.C.C.C.CCC(C)(CC(C)(CC(C)(C)C(=O)OC1CC(=O)OC1(C)C)C(=O)OC12CC3CC(CC(O)(C3)C1)C2)C(=O)OC(C)(C)C12CC3CC(CC(C3)C1)C2. The van der Waals surface area contributed by atoms with Gasteiger partial charge in [0.25, 0.3) is 0 Å². The Morgan fingerprint density at radius 1 is 0.690 bits per heavy atom. The summed E-state index contributed by atoms with van der Waals surface area (Å²) in [5, 5.41) is 11.5. The van der Waals surface area contributed by atoms with Crippen molar-refractivity contribution in [3.63, 3.8) is 0 Å². The first-order valence-corrected chi connectivity index (χ1v) is 20.5. The first kappa shape index (κ1) is 53.9. The van der Waals surface area contributed by atoms with Crippen LogP contribution in [0.15, 0.2) is 0 Å². The molecule has 9 nitrogen and oxygen atoms in total. The fraction of sp³-hybridized carbons (Fsp3) is 0.918. The second-order valence-electron chi connectivity index (χ2n) is 21.7. The van der Waals surface area contributed by atoms with Crippen LogP contribution >= 0.6 is 0 Å². The molecule has 0 amide bonds. The van der Waals surface area contributed by atoms with Gasteiger partial charge in [-0.05, 0) is 175 Å². The van der Waals surface area contributed by atoms with Crippen LogP contribution in [0.25, 0.3) is 0 Å². The highest BCUT2D eigenvalue weighted by atomic mass is 16.6. The summed E-state index contributed by atoms with van der Waals surface area (Å²) in [7, 11) is 0. The molecule has 0 aromatic heterocycles. The van der Waals surface area contributed by atoms with Gasteiger partial charge in [0, 0.05) is 11.8 Å². The number of ether oxygens (including phenoxy) is 4. The van der Waals surface area contributed by atoms with E-state index in [1.807, 2.05) is 20.8 Å². The first-order valence-electron chi connectivity index (χ1n) is 20.5. The van der Waals surface area contributed by atoms with Gasteiger partial charge in [0.1, 0.15) is 16.8 Å². The van der Waals surface area contributed by atoms with Crippen LogP contribution in [0.2, 0.25) is 0 Å². The Morgan fingerprint density at radius 2 is 1.17 bits per heavy atom. The van der Waals surface area contributed by atoms with Crippen molar-refractivity contribution in [3.05, 3.63) is 0 Å². The number of carbonyl (C=O) groups excluding carboxylic acids is 4. The lowest BCUT2D eigenvalue weighted by molar-refractivity contribution is -0.228. The van der Waals surface area contributed by atoms with Crippen LogP contribution in [0.1, 0.15) is 210 Å². The van der Waals surface area contributed by atoms with Crippen molar-refractivity contribution in [2.24, 2.45) is 51.2 Å². The van der Waals surface area contributed by atoms with E-state index in [0.717, 1.165) is 51.4 Å². The summed E-state index contributed by atoms with van der Waals surface area (Å²) in [6, 6.07) is 0. The van der Waals surface area contributed by atoms with E-state index in [1.165, 1.54) is 19.3 Å². The number of hydrogen-bond donors (Lipinski definition) is 1. The van der Waals surface area contributed by atoms with Crippen molar-refractivity contribution in [2.45, 2.75) is 238 Å². The number of carbonyl (C=O) groups is 4. The highest BCUT2D eigenvalue weighted by Gasteiger charge is 2.62. The van der Waals surface area contributed by atoms with E-state index in [-0.39, 0.29) is 75.2 Å². The van der Waals surface area contributed by atoms with Crippen molar-refractivity contribution in [3.8, 4) is 0 Å². The van der Waals surface area contributed by atoms with Crippen LogP contribution in [0, 0.1) is 51.2 Å². The standard InChI is InChI=1S/C43H66O9.6CH4/c1-10-39(8,34(46)51-38(6,7)41-16-26-11-27(17-41)13-28(12-26)18-41)24-40(9,23-36(2,3)33(45)49-31-15-32(44)50-37(31,4)5)35(47)52-43-21-29-14-30(22-43)20-42(48,19-29)25-43;;;;;;/h26-31,48H,10-25H2,1-9H3;6*1H4. The maximum Gasteiger partial charge on any atom is 0.312 e. The van der Waals surface area contributed by atoms with Gasteiger partial charge in [0.05, 0.1) is 28.3 Å². The van der Waals surface area contributed by atoms with Gasteiger partial charge >= 0.3 is 23.9 Å². The van der Waals surface area contributed by atoms with Crippen LogP contribution in [0.5, 0.6) is 0 Å². The fourth-order valence-corrected chi connectivity index (χ4v) is 13.6. The molecule has 0 aromatic rings. The zero-order valence-electron chi connectivity index (χ0n) is 33.5. The molecule has 9 rings (SSSR count). The second-order valence-corrected chi connectivity index (χ2v) is 21.7. The summed E-state index contributed by atoms with van der Waals surface area (Å²) in [5.41, 5.74) is -6.71. The normalized spacial score (nSPS) is 36.6. The van der Waals surface area contributed by atoms with Gasteiger partial charge in [-0.2, -0.15) is 0 Å². The zero-order valence-corrected chi connectivity index (χ0v) is 33.5. The van der Waals surface area contributed by atoms with Crippen molar-refractivity contribution in [1.82, 2.24) is 0 Å². The summed E-state index contributed by atoms with van der Waals surface area (Å²) >= 11 is 0. The van der Waals surface area contributed by atoms with Crippen molar-refractivity contribution in [1.29, 1.82) is 0 Å². The maximum absolute atomic E-state index is 14.9. The number of esters is 4. The van der Waals surface area contributed by atoms with E-state index in [9.17, 15) is 24.3 Å². The van der Waals surface area contributed by atoms with Crippen LogP contribution in [-0.2, 0) is 38.1 Å². The van der Waals surface area contributed by atoms with Crippen LogP contribution in [-0.4, -0.2) is 57.5 Å². The molecule has 8 aliphatic carbocycles. The van der Waals surface area contributed by atoms with Gasteiger partial charge in [0.2, 0.25) is 0 Å². The topological polar surface area (TPSA) is 125 Å². The maximum atomic E-state index is 14.9. The fourth-order valence-electron chi connectivity index (χ4n) is 13.6. The molecule has 0 spiro atoms. The molecule has 8 saturated carbocycles. The average molecular weight is 823 g/mol. The minimum atomic E-state index is -1.28. The van der Waals surface area contributed by atoms with E-state index in [2.05, 4.69) is 13.8 Å². The minimum absolute atomic E-state index is 0. The summed E-state index contributed by atoms with van der Waals surface area (Å²) in [6.45, 7) is 16.9. The summed E-state index contributed by atoms with van der Waals surface area (Å²) in [4.78, 5) is 55.6. The smallest absolute Gasteiger partial charge is 0.312 e. The number of cyclic esters (lactones) is 1. The monoisotopic (exact) mass is 823 g/mol. The molecule has 1 saturated heterocycles. The third-order valence-electron chi connectivity index (χ3n) is 15.6. The lowest BCUT2D eigenvalue weighted by atomic mass is 9.46.